The maximum atomic E-state index is 3.19. The molecular formula is C27H25Cl2NZr. The Kier molecular flexibility index (Phi) is 9.07. The standard InChI is InChI=1S/C20H16N.C7H9.2ClH.Zr/c1-2-7-15-13-16(12-14(15)6-1)21-19-10-4-3-8-17(19)18-9-5-11-20(18)21;1-6-4-3-5-7(6)2;;;/h1-4,6-8,10,12-13H,5,9,11H2;4H,3H2,1-2H3;2*1H;/q2*-1;;;+4/p-2. The van der Waals surface area contributed by atoms with Crippen molar-refractivity contribution >= 4 is 21.7 Å². The number of hydrogen-bond donors (Lipinski definition) is 0. The summed E-state index contributed by atoms with van der Waals surface area (Å²) in [5.41, 5.74) is 8.47. The Labute approximate surface area is 216 Å². The number of benzene rings is 2. The summed E-state index contributed by atoms with van der Waals surface area (Å²) in [5.74, 6) is 0. The Morgan fingerprint density at radius 1 is 0.935 bits per heavy atom. The SMILES string of the molecule is CC1=[C-]CC=C1C.[Cl-].[Cl-].[Zr+4].c1ccc2[cH-]c(-n3c4c(c5ccccc53)CCC4)cc2c1. The van der Waals surface area contributed by atoms with Gasteiger partial charge in [0, 0.05) is 11.1 Å². The second-order valence-corrected chi connectivity index (χ2v) is 7.87. The first-order valence-electron chi connectivity index (χ1n) is 10.2. The van der Waals surface area contributed by atoms with Crippen molar-refractivity contribution in [3.05, 3.63) is 95.2 Å². The molecule has 1 nitrogen and oxygen atoms in total. The van der Waals surface area contributed by atoms with Crippen LogP contribution in [0, 0.1) is 6.08 Å². The monoisotopic (exact) mass is 523 g/mol. The van der Waals surface area contributed by atoms with Gasteiger partial charge in [-0.3, -0.25) is 6.08 Å². The van der Waals surface area contributed by atoms with Crippen molar-refractivity contribution in [3.8, 4) is 5.69 Å². The molecule has 0 fully saturated rings. The number of nitrogens with zero attached hydrogens (tertiary/aromatic N) is 1. The van der Waals surface area contributed by atoms with E-state index in [4.69, 9.17) is 0 Å². The van der Waals surface area contributed by atoms with Gasteiger partial charge in [-0.15, -0.1) is 54.4 Å². The van der Waals surface area contributed by atoms with E-state index < -0.39 is 0 Å². The third-order valence-corrected chi connectivity index (χ3v) is 6.16. The number of hydrogen-bond acceptors (Lipinski definition) is 0. The molecule has 0 radical (unpaired) electrons. The Bertz CT molecular complexity index is 1190. The van der Waals surface area contributed by atoms with Gasteiger partial charge in [0.05, 0.1) is 5.52 Å². The van der Waals surface area contributed by atoms with Crippen molar-refractivity contribution in [2.24, 2.45) is 0 Å². The molecule has 2 aliphatic carbocycles. The largest absolute Gasteiger partial charge is 4.00 e. The van der Waals surface area contributed by atoms with Crippen LogP contribution in [-0.2, 0) is 39.0 Å². The average Bonchev–Trinajstić information content (AvgIpc) is 3.47. The summed E-state index contributed by atoms with van der Waals surface area (Å²) in [6.45, 7) is 4.22. The second-order valence-electron chi connectivity index (χ2n) is 7.87. The molecule has 0 amide bonds. The molecule has 6 rings (SSSR count). The second kappa shape index (κ2) is 10.9. The van der Waals surface area contributed by atoms with Crippen molar-refractivity contribution in [1.29, 1.82) is 0 Å². The van der Waals surface area contributed by atoms with E-state index in [0.29, 0.717) is 0 Å². The number of rotatable bonds is 1. The van der Waals surface area contributed by atoms with Gasteiger partial charge in [-0.05, 0) is 36.6 Å². The first kappa shape index (κ1) is 25.8. The molecule has 0 aliphatic heterocycles. The Balaban J connectivity index is 0.000000298. The summed E-state index contributed by atoms with van der Waals surface area (Å²) in [6, 6.07) is 22.1. The molecule has 31 heavy (non-hydrogen) atoms. The molecule has 0 bridgehead atoms. The molecule has 0 N–H and O–H groups in total. The summed E-state index contributed by atoms with van der Waals surface area (Å²) < 4.78 is 2.48. The van der Waals surface area contributed by atoms with E-state index in [1.165, 1.54) is 63.5 Å². The van der Waals surface area contributed by atoms with Crippen LogP contribution in [0.5, 0.6) is 0 Å². The van der Waals surface area contributed by atoms with Crippen LogP contribution in [0.3, 0.4) is 0 Å². The molecule has 1 aromatic heterocycles. The number of para-hydroxylation sites is 1. The fourth-order valence-electron chi connectivity index (χ4n) is 4.54. The molecule has 156 valence electrons. The maximum absolute atomic E-state index is 3.19. The van der Waals surface area contributed by atoms with Gasteiger partial charge >= 0.3 is 26.2 Å². The van der Waals surface area contributed by atoms with E-state index in [9.17, 15) is 0 Å². The minimum absolute atomic E-state index is 0. The van der Waals surface area contributed by atoms with Gasteiger partial charge in [0.25, 0.3) is 0 Å². The van der Waals surface area contributed by atoms with Crippen LogP contribution in [0.1, 0.15) is 37.9 Å². The van der Waals surface area contributed by atoms with Gasteiger partial charge in [0.1, 0.15) is 0 Å². The molecule has 0 unspecified atom stereocenters. The van der Waals surface area contributed by atoms with Crippen LogP contribution in [0.15, 0.2) is 77.9 Å². The maximum Gasteiger partial charge on any atom is 4.00 e. The summed E-state index contributed by atoms with van der Waals surface area (Å²) in [5, 5.41) is 4.10. The molecule has 0 saturated carbocycles. The third kappa shape index (κ3) is 4.82. The molecule has 0 saturated heterocycles. The molecule has 0 spiro atoms. The van der Waals surface area contributed by atoms with E-state index in [0.717, 1.165) is 6.42 Å². The van der Waals surface area contributed by atoms with E-state index in [1.54, 1.807) is 5.56 Å². The summed E-state index contributed by atoms with van der Waals surface area (Å²) in [4.78, 5) is 0. The van der Waals surface area contributed by atoms with Gasteiger partial charge in [-0.25, -0.2) is 11.1 Å². The van der Waals surface area contributed by atoms with E-state index in [-0.39, 0.29) is 51.0 Å². The van der Waals surface area contributed by atoms with Gasteiger partial charge in [-0.2, -0.15) is 6.08 Å². The first-order valence-corrected chi connectivity index (χ1v) is 10.2. The summed E-state index contributed by atoms with van der Waals surface area (Å²) in [6.07, 6.45) is 10.1. The van der Waals surface area contributed by atoms with Crippen molar-refractivity contribution in [2.45, 2.75) is 39.5 Å². The van der Waals surface area contributed by atoms with Crippen molar-refractivity contribution in [1.82, 2.24) is 4.57 Å². The number of allylic oxidation sites excluding steroid dienone is 4. The predicted octanol–water partition coefficient (Wildman–Crippen LogP) is 1.08. The minimum Gasteiger partial charge on any atom is -1.00 e. The third-order valence-electron chi connectivity index (χ3n) is 6.16. The van der Waals surface area contributed by atoms with Crippen LogP contribution in [0.4, 0.5) is 0 Å². The molecular weight excluding hydrogens is 500 g/mol. The summed E-state index contributed by atoms with van der Waals surface area (Å²) >= 11 is 0. The Morgan fingerprint density at radius 3 is 2.35 bits per heavy atom. The molecule has 0 atom stereocenters. The summed E-state index contributed by atoms with van der Waals surface area (Å²) in [7, 11) is 0. The quantitative estimate of drug-likeness (QED) is 0.328. The van der Waals surface area contributed by atoms with Crippen LogP contribution >= 0.6 is 0 Å². The predicted molar refractivity (Wildman–Crippen MR) is 119 cm³/mol. The molecule has 1 heterocycles. The number of aromatic nitrogens is 1. The van der Waals surface area contributed by atoms with E-state index in [1.807, 2.05) is 0 Å². The number of aryl methyl sites for hydroxylation is 1. The topological polar surface area (TPSA) is 4.93 Å². The molecule has 2 aliphatic rings. The zero-order valence-electron chi connectivity index (χ0n) is 17.9. The van der Waals surface area contributed by atoms with Crippen molar-refractivity contribution in [2.75, 3.05) is 0 Å². The van der Waals surface area contributed by atoms with Crippen LogP contribution in [0.25, 0.3) is 27.4 Å². The van der Waals surface area contributed by atoms with E-state index >= 15 is 0 Å². The fourth-order valence-corrected chi connectivity index (χ4v) is 4.54. The minimum atomic E-state index is 0. The molecule has 4 aromatic rings. The molecule has 3 aromatic carbocycles. The van der Waals surface area contributed by atoms with E-state index in [2.05, 4.69) is 91.2 Å². The van der Waals surface area contributed by atoms with Gasteiger partial charge in [-0.1, -0.05) is 31.2 Å². The van der Waals surface area contributed by atoms with Gasteiger partial charge in [0.15, 0.2) is 0 Å². The smallest absolute Gasteiger partial charge is 1.00 e. The van der Waals surface area contributed by atoms with Crippen molar-refractivity contribution in [3.63, 3.8) is 0 Å². The Hall–Kier alpha value is -1.47. The first-order chi connectivity index (χ1) is 13.7. The fraction of sp³-hybridized carbons (Fsp3) is 0.222. The van der Waals surface area contributed by atoms with Crippen molar-refractivity contribution < 1.29 is 51.0 Å². The zero-order valence-corrected chi connectivity index (χ0v) is 21.9. The van der Waals surface area contributed by atoms with Gasteiger partial charge in [0.2, 0.25) is 0 Å². The van der Waals surface area contributed by atoms with Crippen LogP contribution in [-0.4, -0.2) is 4.57 Å². The normalized spacial score (nSPS) is 13.9. The van der Waals surface area contributed by atoms with Crippen LogP contribution < -0.4 is 24.8 Å². The number of halogens is 2. The number of fused-ring (bicyclic) bond motifs is 4. The van der Waals surface area contributed by atoms with Gasteiger partial charge < -0.3 is 29.4 Å². The molecule has 4 heteroatoms. The Morgan fingerprint density at radius 2 is 1.68 bits per heavy atom. The zero-order chi connectivity index (χ0) is 19.1. The van der Waals surface area contributed by atoms with Crippen LogP contribution in [0.2, 0.25) is 0 Å². The average molecular weight is 526 g/mol.